The molecule has 0 bridgehead atoms. The third kappa shape index (κ3) is 7.98. The molecule has 1 aliphatic heterocycles. The summed E-state index contributed by atoms with van der Waals surface area (Å²) in [6, 6.07) is 10.6. The topological polar surface area (TPSA) is 12.0 Å². The first-order chi connectivity index (χ1) is 13.6. The Kier molecular flexibility index (Phi) is 9.99. The predicted octanol–water partition coefficient (Wildman–Crippen LogP) is 7.71. The van der Waals surface area contributed by atoms with E-state index in [0.29, 0.717) is 0 Å². The molecule has 1 fully saturated rings. The summed E-state index contributed by atoms with van der Waals surface area (Å²) in [7, 11) is 0. The molecule has 0 aliphatic carbocycles. The first-order valence-corrected chi connectivity index (χ1v) is 11.4. The van der Waals surface area contributed by atoms with Crippen LogP contribution in [0, 0.1) is 0 Å². The van der Waals surface area contributed by atoms with E-state index in [9.17, 15) is 0 Å². The van der Waals surface area contributed by atoms with Crippen molar-refractivity contribution >= 4 is 11.8 Å². The van der Waals surface area contributed by atoms with E-state index < -0.39 is 0 Å². The Morgan fingerprint density at radius 1 is 1.11 bits per heavy atom. The largest absolute Gasteiger partial charge is 0.385 e. The van der Waals surface area contributed by atoms with Gasteiger partial charge in [0.15, 0.2) is 0 Å². The Labute approximate surface area is 176 Å². The van der Waals surface area contributed by atoms with Crippen LogP contribution in [-0.4, -0.2) is 6.54 Å². The van der Waals surface area contributed by atoms with Crippen molar-refractivity contribution in [3.8, 4) is 0 Å². The van der Waals surface area contributed by atoms with E-state index in [1.54, 1.807) is 0 Å². The maximum absolute atomic E-state index is 4.38. The molecule has 1 aromatic rings. The van der Waals surface area contributed by atoms with Gasteiger partial charge in [-0.15, -0.1) is 11.8 Å². The summed E-state index contributed by atoms with van der Waals surface area (Å²) >= 11 is 1.85. The first-order valence-electron chi connectivity index (χ1n) is 10.5. The molecule has 0 saturated carbocycles. The zero-order valence-corrected chi connectivity index (χ0v) is 18.3. The highest BCUT2D eigenvalue weighted by molar-refractivity contribution is 8.02. The molecule has 1 heterocycles. The average molecular weight is 394 g/mol. The minimum Gasteiger partial charge on any atom is -0.385 e. The molecular weight excluding hydrogens is 358 g/mol. The summed E-state index contributed by atoms with van der Waals surface area (Å²) in [5.74, 6) is 0.991. The van der Waals surface area contributed by atoms with Crippen LogP contribution in [0.2, 0.25) is 0 Å². The van der Waals surface area contributed by atoms with E-state index in [2.05, 4.69) is 74.5 Å². The third-order valence-electron chi connectivity index (χ3n) is 5.05. The van der Waals surface area contributed by atoms with Gasteiger partial charge in [0.1, 0.15) is 0 Å². The second kappa shape index (κ2) is 12.5. The molecule has 0 aromatic heterocycles. The molecule has 0 unspecified atom stereocenters. The smallest absolute Gasteiger partial charge is 0.0299 e. The van der Waals surface area contributed by atoms with Crippen molar-refractivity contribution in [3.05, 3.63) is 95.1 Å². The van der Waals surface area contributed by atoms with Gasteiger partial charge in [0.05, 0.1) is 0 Å². The van der Waals surface area contributed by atoms with Gasteiger partial charge < -0.3 is 5.32 Å². The van der Waals surface area contributed by atoms with Gasteiger partial charge in [0.25, 0.3) is 0 Å². The summed E-state index contributed by atoms with van der Waals surface area (Å²) in [5, 5.41) is 3.42. The van der Waals surface area contributed by atoms with Gasteiger partial charge in [0, 0.05) is 18.0 Å². The monoisotopic (exact) mass is 393 g/mol. The van der Waals surface area contributed by atoms with Gasteiger partial charge in [-0.3, -0.25) is 0 Å². The van der Waals surface area contributed by atoms with Crippen LogP contribution in [0.3, 0.4) is 0 Å². The van der Waals surface area contributed by atoms with Crippen molar-refractivity contribution in [1.82, 2.24) is 5.32 Å². The van der Waals surface area contributed by atoms with E-state index >= 15 is 0 Å². The summed E-state index contributed by atoms with van der Waals surface area (Å²) in [5.41, 5.74) is 6.38. The molecule has 0 spiro atoms. The van der Waals surface area contributed by atoms with Gasteiger partial charge in [0.2, 0.25) is 0 Å². The molecular formula is C26H35NS. The van der Waals surface area contributed by atoms with Crippen LogP contribution < -0.4 is 5.32 Å². The summed E-state index contributed by atoms with van der Waals surface area (Å²) in [4.78, 5) is 1.24. The SMILES string of the molecule is C=C(CCC(=C)/C(=C/C=C1/CCCCNC1=C)CCC)SCc1ccccc1. The lowest BCUT2D eigenvalue weighted by Gasteiger charge is -2.12. The highest BCUT2D eigenvalue weighted by atomic mass is 32.2. The number of nitrogens with one attached hydrogen (secondary N) is 1. The average Bonchev–Trinajstić information content (AvgIpc) is 2.92. The van der Waals surface area contributed by atoms with Crippen LogP contribution in [0.25, 0.3) is 0 Å². The number of benzene rings is 1. The van der Waals surface area contributed by atoms with Crippen LogP contribution in [0.15, 0.2) is 89.5 Å². The molecule has 0 amide bonds. The van der Waals surface area contributed by atoms with Gasteiger partial charge in [-0.25, -0.2) is 0 Å². The van der Waals surface area contributed by atoms with Crippen molar-refractivity contribution in [1.29, 1.82) is 0 Å². The third-order valence-corrected chi connectivity index (χ3v) is 6.14. The van der Waals surface area contributed by atoms with Gasteiger partial charge >= 0.3 is 0 Å². The number of rotatable bonds is 10. The van der Waals surface area contributed by atoms with Crippen LogP contribution in [0.5, 0.6) is 0 Å². The van der Waals surface area contributed by atoms with E-state index in [0.717, 1.165) is 50.1 Å². The van der Waals surface area contributed by atoms with Crippen LogP contribution in [0.4, 0.5) is 0 Å². The van der Waals surface area contributed by atoms with Crippen molar-refractivity contribution in [2.24, 2.45) is 0 Å². The minimum atomic E-state index is 0.981. The fourth-order valence-electron chi connectivity index (χ4n) is 3.26. The van der Waals surface area contributed by atoms with Crippen LogP contribution >= 0.6 is 11.8 Å². The van der Waals surface area contributed by atoms with Gasteiger partial charge in [-0.1, -0.05) is 81.1 Å². The standard InChI is InChI=1S/C26H35NS/c1-5-11-25(17-18-26-14-9-10-19-27-23(26)4)21(2)15-16-22(3)28-20-24-12-7-6-8-13-24/h6-8,12-13,17-18,27H,2-5,9-11,14-16,19-20H2,1H3/b25-17+,26-18-. The molecule has 1 aliphatic rings. The first kappa shape index (κ1) is 22.4. The Bertz CT molecular complexity index is 724. The summed E-state index contributed by atoms with van der Waals surface area (Å²) in [6.07, 6.45) is 12.3. The highest BCUT2D eigenvalue weighted by Gasteiger charge is 2.08. The Hall–Kier alpha value is -1.93. The molecule has 0 radical (unpaired) electrons. The van der Waals surface area contributed by atoms with Crippen molar-refractivity contribution < 1.29 is 0 Å². The predicted molar refractivity (Wildman–Crippen MR) is 127 cm³/mol. The maximum Gasteiger partial charge on any atom is 0.0299 e. The molecule has 150 valence electrons. The van der Waals surface area contributed by atoms with Crippen molar-refractivity contribution in [2.75, 3.05) is 6.54 Å². The fourth-order valence-corrected chi connectivity index (χ4v) is 4.07. The minimum absolute atomic E-state index is 0.981. The van der Waals surface area contributed by atoms with E-state index in [4.69, 9.17) is 0 Å². The van der Waals surface area contributed by atoms with Gasteiger partial charge in [-0.2, -0.15) is 0 Å². The quantitative estimate of drug-likeness (QED) is 0.408. The lowest BCUT2D eigenvalue weighted by atomic mass is 9.97. The lowest BCUT2D eigenvalue weighted by Crippen LogP contribution is -2.11. The summed E-state index contributed by atoms with van der Waals surface area (Å²) in [6.45, 7) is 16.1. The molecule has 1 N–H and O–H groups in total. The van der Waals surface area contributed by atoms with Crippen LogP contribution in [0.1, 0.15) is 57.4 Å². The Morgan fingerprint density at radius 3 is 2.64 bits per heavy atom. The van der Waals surface area contributed by atoms with Crippen LogP contribution in [-0.2, 0) is 5.75 Å². The zero-order chi connectivity index (χ0) is 20.2. The molecule has 1 aromatic carbocycles. The highest BCUT2D eigenvalue weighted by Crippen LogP contribution is 2.28. The molecule has 1 saturated heterocycles. The maximum atomic E-state index is 4.38. The van der Waals surface area contributed by atoms with Crippen molar-refractivity contribution in [3.63, 3.8) is 0 Å². The molecule has 28 heavy (non-hydrogen) atoms. The lowest BCUT2D eigenvalue weighted by molar-refractivity contribution is 0.732. The van der Waals surface area contributed by atoms with E-state index in [-0.39, 0.29) is 0 Å². The number of hydrogen-bond donors (Lipinski definition) is 1. The molecule has 2 rings (SSSR count). The van der Waals surface area contributed by atoms with Gasteiger partial charge in [-0.05, 0) is 60.1 Å². The number of hydrogen-bond acceptors (Lipinski definition) is 2. The normalized spacial score (nSPS) is 16.5. The summed E-state index contributed by atoms with van der Waals surface area (Å²) < 4.78 is 0. The second-order valence-electron chi connectivity index (χ2n) is 7.41. The van der Waals surface area contributed by atoms with Crippen molar-refractivity contribution in [2.45, 2.75) is 57.6 Å². The number of thioether (sulfide) groups is 1. The van der Waals surface area contributed by atoms with E-state index in [1.807, 2.05) is 11.8 Å². The molecule has 0 atom stereocenters. The molecule has 2 heteroatoms. The second-order valence-corrected chi connectivity index (χ2v) is 8.57. The molecule has 1 nitrogen and oxygen atoms in total. The Balaban J connectivity index is 1.89. The Morgan fingerprint density at radius 2 is 1.89 bits per heavy atom. The zero-order valence-electron chi connectivity index (χ0n) is 17.4. The number of allylic oxidation sites excluding steroid dienone is 6. The fraction of sp³-hybridized carbons (Fsp3) is 0.385. The van der Waals surface area contributed by atoms with E-state index in [1.165, 1.54) is 40.0 Å².